The number of carbonyl (C=O) groups excluding carboxylic acids is 4. The highest BCUT2D eigenvalue weighted by molar-refractivity contribution is 6.36. The van der Waals surface area contributed by atoms with Crippen LogP contribution in [-0.2, 0) is 24.6 Å². The van der Waals surface area contributed by atoms with Crippen LogP contribution in [-0.4, -0.2) is 66.0 Å². The van der Waals surface area contributed by atoms with Gasteiger partial charge in [0.2, 0.25) is 11.8 Å². The van der Waals surface area contributed by atoms with Gasteiger partial charge in [0.1, 0.15) is 18.1 Å². The van der Waals surface area contributed by atoms with Gasteiger partial charge in [-0.2, -0.15) is 5.01 Å². The number of aliphatic hydroxyl groups is 1. The van der Waals surface area contributed by atoms with Crippen LogP contribution in [0.2, 0.25) is 10.0 Å². The third-order valence-electron chi connectivity index (χ3n) is 10.4. The van der Waals surface area contributed by atoms with Gasteiger partial charge in [0, 0.05) is 18.0 Å². The highest BCUT2D eigenvalue weighted by Gasteiger charge is 2.70. The number of carbonyl (C=O) groups is 4. The zero-order valence-corrected chi connectivity index (χ0v) is 27.7. The summed E-state index contributed by atoms with van der Waals surface area (Å²) in [4.78, 5) is 57.9. The number of benzene rings is 3. The first-order valence-electron chi connectivity index (χ1n) is 15.7. The minimum atomic E-state index is -1.45. The maximum absolute atomic E-state index is 15.2. The van der Waals surface area contributed by atoms with Crippen molar-refractivity contribution in [1.29, 1.82) is 0 Å². The van der Waals surface area contributed by atoms with Crippen molar-refractivity contribution in [2.24, 2.45) is 23.7 Å². The zero-order valence-electron chi connectivity index (χ0n) is 26.2. The van der Waals surface area contributed by atoms with Crippen LogP contribution in [0.3, 0.4) is 0 Å². The van der Waals surface area contributed by atoms with Crippen LogP contribution < -0.4 is 14.9 Å². The van der Waals surface area contributed by atoms with Crippen molar-refractivity contribution in [2.75, 3.05) is 32.8 Å². The maximum atomic E-state index is 15.2. The van der Waals surface area contributed by atoms with Crippen LogP contribution in [0.4, 0.5) is 5.69 Å². The summed E-state index contributed by atoms with van der Waals surface area (Å²) in [6.07, 6.45) is 2.52. The number of hydrazine groups is 1. The molecule has 2 heterocycles. The predicted octanol–water partition coefficient (Wildman–Crippen LogP) is 4.99. The molecule has 12 heteroatoms. The van der Waals surface area contributed by atoms with E-state index in [2.05, 4.69) is 5.43 Å². The van der Waals surface area contributed by atoms with Gasteiger partial charge < -0.3 is 14.6 Å². The van der Waals surface area contributed by atoms with Crippen molar-refractivity contribution in [2.45, 2.75) is 24.2 Å². The SMILES string of the molecule is COc1ccc(C23C(=O)N(Nc4ccc(Cl)cc4Cl)C(=O)C2CC2C(=CCC4C(=O)N(C)C(=O)C42)C3c2ccc(OCCO)cc2)cc1. The summed E-state index contributed by atoms with van der Waals surface area (Å²) in [5.41, 5.74) is 4.05. The fourth-order valence-electron chi connectivity index (χ4n) is 8.30. The molecule has 0 bridgehead atoms. The Kier molecular flexibility index (Phi) is 8.22. The van der Waals surface area contributed by atoms with Gasteiger partial charge >= 0.3 is 0 Å². The minimum absolute atomic E-state index is 0.113. The Morgan fingerprint density at radius 1 is 0.917 bits per heavy atom. The number of anilines is 1. The van der Waals surface area contributed by atoms with E-state index >= 15 is 4.79 Å². The molecule has 7 rings (SSSR count). The van der Waals surface area contributed by atoms with Crippen molar-refractivity contribution in [3.63, 3.8) is 0 Å². The van der Waals surface area contributed by atoms with Crippen LogP contribution in [0.25, 0.3) is 0 Å². The van der Waals surface area contributed by atoms with Gasteiger partial charge in [-0.05, 0) is 72.4 Å². The number of ether oxygens (including phenoxy) is 2. The number of nitrogens with one attached hydrogen (secondary N) is 1. The van der Waals surface area contributed by atoms with E-state index in [9.17, 15) is 19.5 Å². The molecule has 3 aromatic rings. The largest absolute Gasteiger partial charge is 0.497 e. The second kappa shape index (κ2) is 12.3. The third-order valence-corrected chi connectivity index (χ3v) is 10.9. The first-order chi connectivity index (χ1) is 23.1. The van der Waals surface area contributed by atoms with E-state index in [0.717, 1.165) is 16.1 Å². The van der Waals surface area contributed by atoms with Crippen LogP contribution >= 0.6 is 23.2 Å². The van der Waals surface area contributed by atoms with Crippen LogP contribution in [0.15, 0.2) is 78.4 Å². The average Bonchev–Trinajstić information content (AvgIpc) is 3.45. The average molecular weight is 691 g/mol. The summed E-state index contributed by atoms with van der Waals surface area (Å²) in [6.45, 7) is -0.0382. The molecule has 4 amide bonds. The van der Waals surface area contributed by atoms with Crippen molar-refractivity contribution in [3.8, 4) is 11.5 Å². The number of hydrogen-bond acceptors (Lipinski definition) is 8. The molecule has 2 N–H and O–H groups in total. The molecule has 6 unspecified atom stereocenters. The van der Waals surface area contributed by atoms with E-state index in [1.54, 1.807) is 43.5 Å². The van der Waals surface area contributed by atoms with E-state index in [0.29, 0.717) is 34.2 Å². The summed E-state index contributed by atoms with van der Waals surface area (Å²) in [6, 6.07) is 19.1. The summed E-state index contributed by atoms with van der Waals surface area (Å²) < 4.78 is 11.1. The number of amides is 4. The molecule has 6 atom stereocenters. The number of nitrogens with zero attached hydrogens (tertiary/aromatic N) is 2. The lowest BCUT2D eigenvalue weighted by atomic mass is 9.49. The van der Waals surface area contributed by atoms with Gasteiger partial charge in [-0.3, -0.25) is 29.5 Å². The van der Waals surface area contributed by atoms with Gasteiger partial charge in [0.25, 0.3) is 11.8 Å². The molecule has 0 aromatic heterocycles. The van der Waals surface area contributed by atoms with Gasteiger partial charge in [-0.1, -0.05) is 59.1 Å². The molecule has 48 heavy (non-hydrogen) atoms. The maximum Gasteiger partial charge on any atom is 0.260 e. The highest BCUT2D eigenvalue weighted by Crippen LogP contribution is 2.64. The molecule has 3 fully saturated rings. The van der Waals surface area contributed by atoms with E-state index < -0.39 is 46.8 Å². The van der Waals surface area contributed by atoms with E-state index in [-0.39, 0.29) is 36.5 Å². The van der Waals surface area contributed by atoms with Crippen LogP contribution in [0, 0.1) is 23.7 Å². The van der Waals surface area contributed by atoms with Crippen LogP contribution in [0.1, 0.15) is 29.9 Å². The topological polar surface area (TPSA) is 125 Å². The Bertz CT molecular complexity index is 1850. The Labute approximate surface area is 287 Å². The number of likely N-dealkylation sites (tertiary alicyclic amines) is 1. The number of allylic oxidation sites excluding steroid dienone is 2. The van der Waals surface area contributed by atoms with E-state index in [1.165, 1.54) is 18.0 Å². The van der Waals surface area contributed by atoms with E-state index in [1.807, 2.05) is 30.3 Å². The number of fused-ring (bicyclic) bond motifs is 4. The lowest BCUT2D eigenvalue weighted by molar-refractivity contribution is -0.140. The number of halogens is 2. The first kappa shape index (κ1) is 32.2. The summed E-state index contributed by atoms with van der Waals surface area (Å²) in [5, 5.41) is 10.9. The molecular formula is C36H33Cl2N3O7. The first-order valence-corrected chi connectivity index (χ1v) is 16.5. The lowest BCUT2D eigenvalue weighted by Crippen LogP contribution is -2.53. The molecule has 0 spiro atoms. The second-order valence-corrected chi connectivity index (χ2v) is 13.4. The number of imide groups is 2. The molecular weight excluding hydrogens is 657 g/mol. The van der Waals surface area contributed by atoms with Crippen molar-refractivity contribution >= 4 is 52.5 Å². The van der Waals surface area contributed by atoms with E-state index in [4.69, 9.17) is 32.7 Å². The number of methoxy groups -OCH3 is 1. The van der Waals surface area contributed by atoms with Crippen LogP contribution in [0.5, 0.6) is 11.5 Å². The predicted molar refractivity (Wildman–Crippen MR) is 177 cm³/mol. The Morgan fingerprint density at radius 3 is 2.29 bits per heavy atom. The monoisotopic (exact) mass is 689 g/mol. The molecule has 248 valence electrons. The quantitative estimate of drug-likeness (QED) is 0.251. The third kappa shape index (κ3) is 4.80. The van der Waals surface area contributed by atoms with Gasteiger partial charge in [0.05, 0.1) is 47.6 Å². The minimum Gasteiger partial charge on any atom is -0.497 e. The molecule has 0 radical (unpaired) electrons. The smallest absolute Gasteiger partial charge is 0.260 e. The molecule has 1 saturated carbocycles. The molecule has 10 nitrogen and oxygen atoms in total. The lowest BCUT2D eigenvalue weighted by Gasteiger charge is -2.50. The van der Waals surface area contributed by atoms with Gasteiger partial charge in [-0.15, -0.1) is 0 Å². The summed E-state index contributed by atoms with van der Waals surface area (Å²) in [7, 11) is 3.05. The van der Waals surface area contributed by atoms with Crippen molar-refractivity contribution < 1.29 is 33.8 Å². The fourth-order valence-corrected chi connectivity index (χ4v) is 8.75. The molecule has 4 aliphatic rings. The molecule has 3 aromatic carbocycles. The zero-order chi connectivity index (χ0) is 33.9. The Hall–Kier alpha value is -4.38. The molecule has 2 saturated heterocycles. The summed E-state index contributed by atoms with van der Waals surface area (Å²) >= 11 is 12.6. The standard InChI is InChI=1S/C36H33Cl2N3O7/c1-40-32(43)25-13-12-24-26(30(25)34(40)45)18-27-33(44)41(39-29-14-7-21(37)17-28(29)38)35(46)36(27,20-5-10-22(47-2)11-6-20)31(24)19-3-8-23(9-4-19)48-16-15-42/h3-12,14,17,25-27,30-31,39,42H,13,15-16,18H2,1-2H3. The molecule has 2 aliphatic carbocycles. The fraction of sp³-hybridized carbons (Fsp3) is 0.333. The Morgan fingerprint density at radius 2 is 1.62 bits per heavy atom. The number of aliphatic hydroxyl groups excluding tert-OH is 1. The Balaban J connectivity index is 1.44. The number of hydrogen-bond donors (Lipinski definition) is 2. The number of rotatable bonds is 8. The normalized spacial score (nSPS) is 27.8. The summed E-state index contributed by atoms with van der Waals surface area (Å²) in [5.74, 6) is -3.61. The van der Waals surface area contributed by atoms with Crippen molar-refractivity contribution in [3.05, 3.63) is 99.6 Å². The molecule has 2 aliphatic heterocycles. The second-order valence-electron chi connectivity index (χ2n) is 12.6. The van der Waals surface area contributed by atoms with Gasteiger partial charge in [-0.25, -0.2) is 0 Å². The van der Waals surface area contributed by atoms with Crippen molar-refractivity contribution in [1.82, 2.24) is 9.91 Å². The van der Waals surface area contributed by atoms with Gasteiger partial charge in [0.15, 0.2) is 0 Å². The highest BCUT2D eigenvalue weighted by atomic mass is 35.5.